The molecule has 1 amide bonds. The number of thiophene rings is 1. The van der Waals surface area contributed by atoms with Crippen LogP contribution in [0, 0.1) is 13.8 Å². The molecule has 2 N–H and O–H groups in total. The number of rotatable bonds is 9. The summed E-state index contributed by atoms with van der Waals surface area (Å²) in [6, 6.07) is 8.53. The lowest BCUT2D eigenvalue weighted by atomic mass is 10.0. The maximum absolute atomic E-state index is 12.0. The van der Waals surface area contributed by atoms with E-state index in [1.54, 1.807) is 17.7 Å². The van der Waals surface area contributed by atoms with Gasteiger partial charge in [-0.05, 0) is 25.8 Å². The van der Waals surface area contributed by atoms with E-state index in [-0.39, 0.29) is 5.91 Å². The molecule has 2 aromatic heterocycles. The summed E-state index contributed by atoms with van der Waals surface area (Å²) in [5.74, 6) is 0.873. The number of hydrogen-bond acceptors (Lipinski definition) is 5. The average Bonchev–Trinajstić information content (AvgIpc) is 3.03. The Morgan fingerprint density at radius 3 is 2.61 bits per heavy atom. The van der Waals surface area contributed by atoms with Crippen LogP contribution in [-0.2, 0) is 4.79 Å². The van der Waals surface area contributed by atoms with Gasteiger partial charge >= 0.3 is 0 Å². The average molecular weight is 397 g/mol. The molecule has 0 spiro atoms. The summed E-state index contributed by atoms with van der Waals surface area (Å²) in [6.45, 7) is 7.67. The highest BCUT2D eigenvalue weighted by molar-refractivity contribution is 7.19. The number of aryl methyl sites for hydroxylation is 2. The Balaban J connectivity index is 1.73. The van der Waals surface area contributed by atoms with Gasteiger partial charge in [0, 0.05) is 30.0 Å². The van der Waals surface area contributed by atoms with Crippen molar-refractivity contribution in [3.63, 3.8) is 0 Å². The number of hydrogen-bond donors (Lipinski definition) is 2. The van der Waals surface area contributed by atoms with E-state index < -0.39 is 0 Å². The van der Waals surface area contributed by atoms with Gasteiger partial charge in [0.15, 0.2) is 0 Å². The molecule has 0 aliphatic rings. The van der Waals surface area contributed by atoms with Gasteiger partial charge in [0.1, 0.15) is 17.0 Å². The van der Waals surface area contributed by atoms with Crippen LogP contribution in [0.25, 0.3) is 21.3 Å². The van der Waals surface area contributed by atoms with Crippen molar-refractivity contribution in [3.8, 4) is 11.1 Å². The first-order valence-electron chi connectivity index (χ1n) is 9.92. The Bertz CT molecular complexity index is 934. The summed E-state index contributed by atoms with van der Waals surface area (Å²) in [6.07, 6.45) is 5.36. The molecule has 0 fully saturated rings. The van der Waals surface area contributed by atoms with Crippen molar-refractivity contribution in [3.05, 3.63) is 41.0 Å². The number of nitrogens with one attached hydrogen (secondary N) is 2. The Labute approximate surface area is 170 Å². The first-order valence-corrected chi connectivity index (χ1v) is 10.7. The summed E-state index contributed by atoms with van der Waals surface area (Å²) in [7, 11) is 0. The fourth-order valence-corrected chi connectivity index (χ4v) is 4.24. The summed E-state index contributed by atoms with van der Waals surface area (Å²) >= 11 is 1.68. The zero-order chi connectivity index (χ0) is 19.9. The fraction of sp³-hybridized carbons (Fsp3) is 0.409. The summed E-state index contributed by atoms with van der Waals surface area (Å²) in [5.41, 5.74) is 3.58. The molecule has 2 heterocycles. The summed E-state index contributed by atoms with van der Waals surface area (Å²) in [5, 5.41) is 7.37. The number of carbonyl (C=O) groups is 1. The Kier molecular flexibility index (Phi) is 6.98. The van der Waals surface area contributed by atoms with Crippen LogP contribution in [0.5, 0.6) is 0 Å². The van der Waals surface area contributed by atoms with Crippen molar-refractivity contribution in [2.24, 2.45) is 0 Å². The number of unbranched alkanes of at least 4 members (excludes halogenated alkanes) is 2. The van der Waals surface area contributed by atoms with Crippen molar-refractivity contribution in [2.45, 2.75) is 46.5 Å². The second-order valence-corrected chi connectivity index (χ2v) is 8.24. The molecule has 148 valence electrons. The number of amides is 1. The van der Waals surface area contributed by atoms with Crippen molar-refractivity contribution < 1.29 is 4.79 Å². The lowest BCUT2D eigenvalue weighted by molar-refractivity contribution is -0.120. The standard InChI is InChI=1S/C22H28N4OS/c1-4-5-6-12-23-18(27)11-13-24-21-20-19(17-9-7-15(2)8-10-17)16(3)28-22(20)26-14-25-21/h7-10,14H,4-6,11-13H2,1-3H3,(H,23,27)(H,24,25,26). The van der Waals surface area contributed by atoms with Gasteiger partial charge in [-0.3, -0.25) is 4.79 Å². The highest BCUT2D eigenvalue weighted by Gasteiger charge is 2.16. The number of anilines is 1. The molecular formula is C22H28N4OS. The molecule has 0 aliphatic heterocycles. The van der Waals surface area contributed by atoms with Crippen LogP contribution in [0.3, 0.4) is 0 Å². The fourth-order valence-electron chi connectivity index (χ4n) is 3.23. The largest absolute Gasteiger partial charge is 0.369 e. The lowest BCUT2D eigenvalue weighted by Crippen LogP contribution is -2.26. The molecule has 0 unspecified atom stereocenters. The molecule has 3 aromatic rings. The molecule has 28 heavy (non-hydrogen) atoms. The Morgan fingerprint density at radius 2 is 1.86 bits per heavy atom. The van der Waals surface area contributed by atoms with E-state index in [4.69, 9.17) is 0 Å². The molecule has 0 atom stereocenters. The smallest absolute Gasteiger partial charge is 0.221 e. The summed E-state index contributed by atoms with van der Waals surface area (Å²) < 4.78 is 0. The van der Waals surface area contributed by atoms with Gasteiger partial charge in [-0.15, -0.1) is 11.3 Å². The van der Waals surface area contributed by atoms with Gasteiger partial charge < -0.3 is 10.6 Å². The third kappa shape index (κ3) is 4.87. The maximum atomic E-state index is 12.0. The first-order chi connectivity index (χ1) is 13.6. The monoisotopic (exact) mass is 396 g/mol. The van der Waals surface area contributed by atoms with Crippen molar-refractivity contribution in [1.82, 2.24) is 15.3 Å². The van der Waals surface area contributed by atoms with E-state index in [2.05, 4.69) is 65.6 Å². The third-order valence-electron chi connectivity index (χ3n) is 4.75. The van der Waals surface area contributed by atoms with E-state index in [1.807, 2.05) is 0 Å². The molecule has 5 nitrogen and oxygen atoms in total. The normalized spacial score (nSPS) is 11.0. The minimum Gasteiger partial charge on any atom is -0.369 e. The van der Waals surface area contributed by atoms with Gasteiger partial charge in [0.05, 0.1) is 5.39 Å². The van der Waals surface area contributed by atoms with E-state index in [9.17, 15) is 4.79 Å². The van der Waals surface area contributed by atoms with Gasteiger partial charge in [-0.25, -0.2) is 9.97 Å². The molecule has 0 bridgehead atoms. The Morgan fingerprint density at radius 1 is 1.07 bits per heavy atom. The van der Waals surface area contributed by atoms with Crippen LogP contribution in [0.4, 0.5) is 5.82 Å². The van der Waals surface area contributed by atoms with E-state index in [1.165, 1.54) is 21.6 Å². The van der Waals surface area contributed by atoms with E-state index in [0.717, 1.165) is 41.8 Å². The number of benzene rings is 1. The van der Waals surface area contributed by atoms with Gasteiger partial charge in [0.25, 0.3) is 0 Å². The number of nitrogens with zero attached hydrogens (tertiary/aromatic N) is 2. The quantitative estimate of drug-likeness (QED) is 0.495. The third-order valence-corrected chi connectivity index (χ3v) is 5.76. The predicted molar refractivity (Wildman–Crippen MR) is 118 cm³/mol. The molecule has 0 aliphatic carbocycles. The molecule has 0 radical (unpaired) electrons. The van der Waals surface area contributed by atoms with Crippen LogP contribution < -0.4 is 10.6 Å². The zero-order valence-corrected chi connectivity index (χ0v) is 17.7. The number of fused-ring (bicyclic) bond motifs is 1. The lowest BCUT2D eigenvalue weighted by Gasteiger charge is -2.09. The molecule has 0 saturated carbocycles. The van der Waals surface area contributed by atoms with Crippen molar-refractivity contribution in [1.29, 1.82) is 0 Å². The van der Waals surface area contributed by atoms with Crippen molar-refractivity contribution >= 4 is 33.3 Å². The number of carbonyl (C=O) groups excluding carboxylic acids is 1. The topological polar surface area (TPSA) is 66.9 Å². The minimum absolute atomic E-state index is 0.0779. The van der Waals surface area contributed by atoms with E-state index >= 15 is 0 Å². The molecule has 1 aromatic carbocycles. The highest BCUT2D eigenvalue weighted by Crippen LogP contribution is 2.40. The van der Waals surface area contributed by atoms with Crippen LogP contribution in [0.15, 0.2) is 30.6 Å². The molecule has 0 saturated heterocycles. The second-order valence-electron chi connectivity index (χ2n) is 7.04. The number of aromatic nitrogens is 2. The predicted octanol–water partition coefficient (Wildman–Crippen LogP) is 5.08. The minimum atomic E-state index is 0.0779. The van der Waals surface area contributed by atoms with Crippen LogP contribution in [0.2, 0.25) is 0 Å². The van der Waals surface area contributed by atoms with Gasteiger partial charge in [0.2, 0.25) is 5.91 Å². The van der Waals surface area contributed by atoms with Gasteiger partial charge in [-0.2, -0.15) is 0 Å². The van der Waals surface area contributed by atoms with Crippen LogP contribution >= 0.6 is 11.3 Å². The molecule has 3 rings (SSSR count). The highest BCUT2D eigenvalue weighted by atomic mass is 32.1. The first kappa shape index (κ1) is 20.3. The molecule has 6 heteroatoms. The van der Waals surface area contributed by atoms with Gasteiger partial charge in [-0.1, -0.05) is 49.6 Å². The zero-order valence-electron chi connectivity index (χ0n) is 16.8. The summed E-state index contributed by atoms with van der Waals surface area (Å²) in [4.78, 5) is 23.1. The maximum Gasteiger partial charge on any atom is 0.221 e. The second kappa shape index (κ2) is 9.64. The van der Waals surface area contributed by atoms with Crippen LogP contribution in [-0.4, -0.2) is 29.0 Å². The molecular weight excluding hydrogens is 368 g/mol. The Hall–Kier alpha value is -2.47. The van der Waals surface area contributed by atoms with E-state index in [0.29, 0.717) is 13.0 Å². The van der Waals surface area contributed by atoms with Crippen LogP contribution in [0.1, 0.15) is 43.0 Å². The SMILES string of the molecule is CCCCCNC(=O)CCNc1ncnc2sc(C)c(-c3ccc(C)cc3)c12. The van der Waals surface area contributed by atoms with Crippen molar-refractivity contribution in [2.75, 3.05) is 18.4 Å².